The van der Waals surface area contributed by atoms with E-state index in [-0.39, 0.29) is 23.8 Å². The van der Waals surface area contributed by atoms with Gasteiger partial charge in [-0.3, -0.25) is 9.59 Å². The largest absolute Gasteiger partial charge is 0.463 e. The van der Waals surface area contributed by atoms with E-state index in [4.69, 9.17) is 4.42 Å². The molecule has 0 fully saturated rings. The van der Waals surface area contributed by atoms with Gasteiger partial charge in [0, 0.05) is 0 Å². The number of carbonyl (C=O) groups is 3. The van der Waals surface area contributed by atoms with Crippen molar-refractivity contribution in [3.8, 4) is 0 Å². The van der Waals surface area contributed by atoms with E-state index in [0.29, 0.717) is 0 Å². The summed E-state index contributed by atoms with van der Waals surface area (Å²) in [6.07, 6.45) is 0. The number of rotatable bonds is 4. The summed E-state index contributed by atoms with van der Waals surface area (Å²) < 4.78 is 9.34. The molecule has 0 bridgehead atoms. The second-order valence-electron chi connectivity index (χ2n) is 3.04. The SMILES string of the molecule is COC(=O)c1ccc(C(=O)NCC(C)=O)o1. The van der Waals surface area contributed by atoms with Crippen LogP contribution in [0.15, 0.2) is 16.5 Å². The Kier molecular flexibility index (Phi) is 3.82. The van der Waals surface area contributed by atoms with Gasteiger partial charge < -0.3 is 14.5 Å². The molecule has 86 valence electrons. The average Bonchev–Trinajstić information content (AvgIpc) is 2.74. The molecule has 16 heavy (non-hydrogen) atoms. The zero-order chi connectivity index (χ0) is 12.1. The number of Topliss-reactive ketones (excluding diaryl/α,β-unsaturated/α-hetero) is 1. The summed E-state index contributed by atoms with van der Waals surface area (Å²) in [6, 6.07) is 2.66. The van der Waals surface area contributed by atoms with Crippen LogP contribution in [0.3, 0.4) is 0 Å². The van der Waals surface area contributed by atoms with Gasteiger partial charge in [-0.1, -0.05) is 0 Å². The highest BCUT2D eigenvalue weighted by molar-refractivity contribution is 5.95. The van der Waals surface area contributed by atoms with Gasteiger partial charge in [-0.15, -0.1) is 0 Å². The number of furan rings is 1. The Morgan fingerprint density at radius 1 is 1.31 bits per heavy atom. The molecule has 1 rings (SSSR count). The molecule has 0 spiro atoms. The van der Waals surface area contributed by atoms with Gasteiger partial charge in [0.15, 0.2) is 5.76 Å². The molecular weight excluding hydrogens is 214 g/mol. The summed E-state index contributed by atoms with van der Waals surface area (Å²) in [6.45, 7) is 1.27. The molecular formula is C10H11NO5. The first-order valence-electron chi connectivity index (χ1n) is 4.50. The van der Waals surface area contributed by atoms with E-state index in [9.17, 15) is 14.4 Å². The second-order valence-corrected chi connectivity index (χ2v) is 3.04. The van der Waals surface area contributed by atoms with Crippen molar-refractivity contribution in [2.24, 2.45) is 0 Å². The van der Waals surface area contributed by atoms with Crippen LogP contribution in [-0.2, 0) is 9.53 Å². The quantitative estimate of drug-likeness (QED) is 0.749. The summed E-state index contributed by atoms with van der Waals surface area (Å²) in [4.78, 5) is 33.0. The van der Waals surface area contributed by atoms with E-state index in [1.165, 1.54) is 26.2 Å². The van der Waals surface area contributed by atoms with Crippen molar-refractivity contribution < 1.29 is 23.5 Å². The average molecular weight is 225 g/mol. The number of nitrogens with one attached hydrogen (secondary N) is 1. The van der Waals surface area contributed by atoms with Crippen molar-refractivity contribution in [1.29, 1.82) is 0 Å². The van der Waals surface area contributed by atoms with Gasteiger partial charge in [0.25, 0.3) is 5.91 Å². The summed E-state index contributed by atoms with van der Waals surface area (Å²) >= 11 is 0. The lowest BCUT2D eigenvalue weighted by Crippen LogP contribution is -2.27. The fraction of sp³-hybridized carbons (Fsp3) is 0.300. The number of ether oxygens (including phenoxy) is 1. The molecule has 0 aliphatic carbocycles. The number of methoxy groups -OCH3 is 1. The van der Waals surface area contributed by atoms with Crippen molar-refractivity contribution in [3.05, 3.63) is 23.7 Å². The van der Waals surface area contributed by atoms with Gasteiger partial charge in [0.05, 0.1) is 13.7 Å². The molecule has 6 heteroatoms. The molecule has 1 heterocycles. The van der Waals surface area contributed by atoms with E-state index < -0.39 is 11.9 Å². The third-order valence-corrected chi connectivity index (χ3v) is 1.71. The highest BCUT2D eigenvalue weighted by Gasteiger charge is 2.15. The first kappa shape index (κ1) is 12.0. The molecule has 1 N–H and O–H groups in total. The van der Waals surface area contributed by atoms with Crippen LogP contribution < -0.4 is 5.32 Å². The number of hydrogen-bond acceptors (Lipinski definition) is 5. The topological polar surface area (TPSA) is 85.6 Å². The van der Waals surface area contributed by atoms with E-state index in [1.807, 2.05) is 0 Å². The first-order valence-corrected chi connectivity index (χ1v) is 4.50. The molecule has 1 aromatic heterocycles. The Bertz CT molecular complexity index is 421. The lowest BCUT2D eigenvalue weighted by molar-refractivity contribution is -0.116. The van der Waals surface area contributed by atoms with Crippen LogP contribution in [0.5, 0.6) is 0 Å². The monoisotopic (exact) mass is 225 g/mol. The predicted molar refractivity (Wildman–Crippen MR) is 53.1 cm³/mol. The molecule has 0 aliphatic rings. The van der Waals surface area contributed by atoms with Crippen LogP contribution >= 0.6 is 0 Å². The summed E-state index contributed by atoms with van der Waals surface area (Å²) in [5.41, 5.74) is 0. The lowest BCUT2D eigenvalue weighted by atomic mass is 10.4. The van der Waals surface area contributed by atoms with Crippen molar-refractivity contribution in [3.63, 3.8) is 0 Å². The number of amides is 1. The van der Waals surface area contributed by atoms with E-state index in [2.05, 4.69) is 10.1 Å². The van der Waals surface area contributed by atoms with E-state index in [0.717, 1.165) is 0 Å². The second kappa shape index (κ2) is 5.11. The van der Waals surface area contributed by atoms with Crippen molar-refractivity contribution in [1.82, 2.24) is 5.32 Å². The fourth-order valence-electron chi connectivity index (χ4n) is 0.962. The Labute approximate surface area is 91.6 Å². The van der Waals surface area contributed by atoms with Crippen LogP contribution in [0.2, 0.25) is 0 Å². The van der Waals surface area contributed by atoms with Crippen molar-refractivity contribution in [2.75, 3.05) is 13.7 Å². The minimum absolute atomic E-state index is 0.0401. The number of hydrogen-bond donors (Lipinski definition) is 1. The minimum atomic E-state index is -0.661. The van der Waals surface area contributed by atoms with Gasteiger partial charge in [0.1, 0.15) is 5.78 Å². The third kappa shape index (κ3) is 2.94. The fourth-order valence-corrected chi connectivity index (χ4v) is 0.962. The zero-order valence-corrected chi connectivity index (χ0v) is 8.90. The predicted octanol–water partition coefficient (Wildman–Crippen LogP) is 0.385. The van der Waals surface area contributed by atoms with E-state index >= 15 is 0 Å². The summed E-state index contributed by atoms with van der Waals surface area (Å²) in [7, 11) is 1.21. The molecule has 0 unspecified atom stereocenters. The molecule has 0 aliphatic heterocycles. The number of esters is 1. The van der Waals surface area contributed by atoms with Gasteiger partial charge >= 0.3 is 5.97 Å². The van der Waals surface area contributed by atoms with Gasteiger partial charge in [-0.25, -0.2) is 4.79 Å². The maximum atomic E-state index is 11.4. The molecule has 1 aromatic rings. The molecule has 0 saturated heterocycles. The minimum Gasteiger partial charge on any atom is -0.463 e. The highest BCUT2D eigenvalue weighted by atomic mass is 16.5. The van der Waals surface area contributed by atoms with Crippen molar-refractivity contribution >= 4 is 17.7 Å². The Hall–Kier alpha value is -2.11. The van der Waals surface area contributed by atoms with Crippen LogP contribution in [0.1, 0.15) is 28.0 Å². The van der Waals surface area contributed by atoms with Crippen LogP contribution in [0.25, 0.3) is 0 Å². The number of carbonyl (C=O) groups excluding carboxylic acids is 3. The smallest absolute Gasteiger partial charge is 0.373 e. The molecule has 6 nitrogen and oxygen atoms in total. The zero-order valence-electron chi connectivity index (χ0n) is 8.90. The molecule has 1 amide bonds. The van der Waals surface area contributed by atoms with Gasteiger partial charge in [-0.05, 0) is 19.1 Å². The maximum Gasteiger partial charge on any atom is 0.373 e. The molecule has 0 saturated carbocycles. The van der Waals surface area contributed by atoms with Crippen LogP contribution in [-0.4, -0.2) is 31.3 Å². The Balaban J connectivity index is 2.67. The van der Waals surface area contributed by atoms with E-state index in [1.54, 1.807) is 0 Å². The molecule has 0 radical (unpaired) electrons. The highest BCUT2D eigenvalue weighted by Crippen LogP contribution is 2.08. The summed E-state index contributed by atoms with van der Waals surface area (Å²) in [5, 5.41) is 2.33. The summed E-state index contributed by atoms with van der Waals surface area (Å²) in [5.74, 6) is -1.49. The molecule has 0 aromatic carbocycles. The van der Waals surface area contributed by atoms with Crippen LogP contribution in [0.4, 0.5) is 0 Å². The lowest BCUT2D eigenvalue weighted by Gasteiger charge is -1.98. The van der Waals surface area contributed by atoms with Gasteiger partial charge in [-0.2, -0.15) is 0 Å². The third-order valence-electron chi connectivity index (χ3n) is 1.71. The van der Waals surface area contributed by atoms with Crippen molar-refractivity contribution in [2.45, 2.75) is 6.92 Å². The Morgan fingerprint density at radius 3 is 2.50 bits per heavy atom. The standard InChI is InChI=1S/C10H11NO5/c1-6(12)5-11-9(13)7-3-4-8(16-7)10(14)15-2/h3-4H,5H2,1-2H3,(H,11,13). The van der Waals surface area contributed by atoms with Crippen LogP contribution in [0, 0.1) is 0 Å². The maximum absolute atomic E-state index is 11.4. The first-order chi connectivity index (χ1) is 7.54. The Morgan fingerprint density at radius 2 is 1.94 bits per heavy atom. The number of ketones is 1. The van der Waals surface area contributed by atoms with Gasteiger partial charge in [0.2, 0.25) is 5.76 Å². The normalized spacial score (nSPS) is 9.62. The molecule has 0 atom stereocenters.